The van der Waals surface area contributed by atoms with E-state index >= 15 is 0 Å². The SMILES string of the molecule is O=C(N/N=C\c1cn(-c2ccccc2)nc1-c1cccnc1)c1cccc(Cl)c1. The van der Waals surface area contributed by atoms with Crippen LogP contribution in [0.3, 0.4) is 0 Å². The van der Waals surface area contributed by atoms with Gasteiger partial charge in [0.05, 0.1) is 11.9 Å². The summed E-state index contributed by atoms with van der Waals surface area (Å²) in [6.07, 6.45) is 6.86. The number of nitrogens with zero attached hydrogens (tertiary/aromatic N) is 4. The number of carbonyl (C=O) groups is 1. The Labute approximate surface area is 172 Å². The highest BCUT2D eigenvalue weighted by atomic mass is 35.5. The van der Waals surface area contributed by atoms with Gasteiger partial charge in [-0.2, -0.15) is 10.2 Å². The Morgan fingerprint density at radius 3 is 2.69 bits per heavy atom. The maximum atomic E-state index is 12.3. The Balaban J connectivity index is 1.62. The molecule has 0 unspecified atom stereocenters. The van der Waals surface area contributed by atoms with Gasteiger partial charge in [0, 0.05) is 40.3 Å². The van der Waals surface area contributed by atoms with Crippen molar-refractivity contribution in [2.24, 2.45) is 5.10 Å². The number of rotatable bonds is 5. The lowest BCUT2D eigenvalue weighted by molar-refractivity contribution is 0.0955. The number of hydrogen-bond acceptors (Lipinski definition) is 4. The lowest BCUT2D eigenvalue weighted by Crippen LogP contribution is -2.17. The first-order valence-electron chi connectivity index (χ1n) is 8.85. The Morgan fingerprint density at radius 2 is 1.93 bits per heavy atom. The van der Waals surface area contributed by atoms with Crippen molar-refractivity contribution in [2.45, 2.75) is 0 Å². The molecule has 4 rings (SSSR count). The summed E-state index contributed by atoms with van der Waals surface area (Å²) < 4.78 is 1.77. The Morgan fingerprint density at radius 1 is 1.07 bits per heavy atom. The summed E-state index contributed by atoms with van der Waals surface area (Å²) in [5.74, 6) is -0.345. The average Bonchev–Trinajstić information content (AvgIpc) is 3.19. The summed E-state index contributed by atoms with van der Waals surface area (Å²) in [5.41, 5.74) is 6.18. The molecule has 1 N–H and O–H groups in total. The Hall–Kier alpha value is -3.77. The quantitative estimate of drug-likeness (QED) is 0.399. The van der Waals surface area contributed by atoms with Crippen LogP contribution in [0.25, 0.3) is 16.9 Å². The molecule has 1 amide bonds. The van der Waals surface area contributed by atoms with E-state index in [4.69, 9.17) is 11.6 Å². The second-order valence-electron chi connectivity index (χ2n) is 6.16. The van der Waals surface area contributed by atoms with Gasteiger partial charge in [0.15, 0.2) is 0 Å². The lowest BCUT2D eigenvalue weighted by atomic mass is 10.1. The second kappa shape index (κ2) is 8.50. The standard InChI is InChI=1S/C22H16ClN5O/c23-19-8-4-6-16(12-19)22(29)26-25-14-18-15-28(20-9-2-1-3-10-20)27-21(18)17-7-5-11-24-13-17/h1-15H,(H,26,29)/b25-14-. The monoisotopic (exact) mass is 401 g/mol. The van der Waals surface area contributed by atoms with Crippen molar-refractivity contribution in [1.29, 1.82) is 0 Å². The molecule has 0 aliphatic carbocycles. The zero-order valence-corrected chi connectivity index (χ0v) is 16.0. The minimum absolute atomic E-state index is 0.345. The van der Waals surface area contributed by atoms with Gasteiger partial charge in [0.25, 0.3) is 5.91 Å². The van der Waals surface area contributed by atoms with Crippen LogP contribution >= 0.6 is 11.6 Å². The number of nitrogens with one attached hydrogen (secondary N) is 1. The van der Waals surface area contributed by atoms with Crippen molar-refractivity contribution in [1.82, 2.24) is 20.2 Å². The van der Waals surface area contributed by atoms with Gasteiger partial charge in [-0.3, -0.25) is 9.78 Å². The third kappa shape index (κ3) is 4.39. The van der Waals surface area contributed by atoms with Gasteiger partial charge in [-0.1, -0.05) is 35.9 Å². The van der Waals surface area contributed by atoms with Crippen molar-refractivity contribution < 1.29 is 4.79 Å². The van der Waals surface area contributed by atoms with E-state index in [2.05, 4.69) is 20.6 Å². The molecule has 0 radical (unpaired) electrons. The number of hydrogen-bond donors (Lipinski definition) is 1. The van der Waals surface area contributed by atoms with Crippen molar-refractivity contribution in [2.75, 3.05) is 0 Å². The van der Waals surface area contributed by atoms with Gasteiger partial charge < -0.3 is 0 Å². The number of carbonyl (C=O) groups excluding carboxylic acids is 1. The molecule has 0 aliphatic rings. The molecule has 2 heterocycles. The first-order chi connectivity index (χ1) is 14.2. The van der Waals surface area contributed by atoms with E-state index in [1.54, 1.807) is 47.6 Å². The molecule has 0 atom stereocenters. The zero-order valence-electron chi connectivity index (χ0n) is 15.2. The van der Waals surface area contributed by atoms with E-state index < -0.39 is 0 Å². The Bertz CT molecular complexity index is 1160. The molecule has 0 bridgehead atoms. The number of amides is 1. The maximum Gasteiger partial charge on any atom is 0.271 e. The molecule has 29 heavy (non-hydrogen) atoms. The van der Waals surface area contributed by atoms with Crippen molar-refractivity contribution in [3.05, 3.63) is 101 Å². The topological polar surface area (TPSA) is 72.2 Å². The van der Waals surface area contributed by atoms with E-state index in [-0.39, 0.29) is 5.91 Å². The van der Waals surface area contributed by atoms with Crippen LogP contribution in [0.2, 0.25) is 5.02 Å². The van der Waals surface area contributed by atoms with Crippen LogP contribution in [0.1, 0.15) is 15.9 Å². The second-order valence-corrected chi connectivity index (χ2v) is 6.60. The first-order valence-corrected chi connectivity index (χ1v) is 9.23. The number of benzene rings is 2. The van der Waals surface area contributed by atoms with Crippen LogP contribution in [-0.4, -0.2) is 26.9 Å². The van der Waals surface area contributed by atoms with Gasteiger partial charge >= 0.3 is 0 Å². The van der Waals surface area contributed by atoms with E-state index in [1.807, 2.05) is 48.7 Å². The van der Waals surface area contributed by atoms with Crippen molar-refractivity contribution in [3.63, 3.8) is 0 Å². The number of aromatic nitrogens is 3. The first kappa shape index (κ1) is 18.6. The van der Waals surface area contributed by atoms with Gasteiger partial charge in [0.2, 0.25) is 0 Å². The molecular weight excluding hydrogens is 386 g/mol. The summed E-state index contributed by atoms with van der Waals surface area (Å²) in [7, 11) is 0. The molecule has 142 valence electrons. The van der Waals surface area contributed by atoms with Crippen LogP contribution in [0.5, 0.6) is 0 Å². The summed E-state index contributed by atoms with van der Waals surface area (Å²) in [4.78, 5) is 16.4. The fourth-order valence-corrected chi connectivity index (χ4v) is 2.97. The maximum absolute atomic E-state index is 12.3. The van der Waals surface area contributed by atoms with Gasteiger partial charge in [-0.15, -0.1) is 0 Å². The predicted octanol–water partition coefficient (Wildman–Crippen LogP) is 4.35. The number of pyridine rings is 1. The molecule has 2 aromatic carbocycles. The van der Waals surface area contributed by atoms with E-state index in [0.717, 1.165) is 16.8 Å². The van der Waals surface area contributed by atoms with Gasteiger partial charge in [-0.25, -0.2) is 10.1 Å². The van der Waals surface area contributed by atoms with Gasteiger partial charge in [0.1, 0.15) is 5.69 Å². The fourth-order valence-electron chi connectivity index (χ4n) is 2.78. The lowest BCUT2D eigenvalue weighted by Gasteiger charge is -2.00. The summed E-state index contributed by atoms with van der Waals surface area (Å²) >= 11 is 5.93. The summed E-state index contributed by atoms with van der Waals surface area (Å²) in [6, 6.07) is 20.2. The van der Waals surface area contributed by atoms with Crippen LogP contribution in [0.4, 0.5) is 0 Å². The van der Waals surface area contributed by atoms with Gasteiger partial charge in [-0.05, 0) is 42.5 Å². The zero-order chi connectivity index (χ0) is 20.1. The number of hydrazone groups is 1. The fraction of sp³-hybridized carbons (Fsp3) is 0. The normalized spacial score (nSPS) is 10.9. The third-order valence-electron chi connectivity index (χ3n) is 4.15. The van der Waals surface area contributed by atoms with E-state index in [0.29, 0.717) is 16.3 Å². The average molecular weight is 402 g/mol. The Kier molecular flexibility index (Phi) is 5.45. The molecule has 2 aromatic heterocycles. The van der Waals surface area contributed by atoms with Crippen LogP contribution in [0, 0.1) is 0 Å². The minimum atomic E-state index is -0.345. The summed E-state index contributed by atoms with van der Waals surface area (Å²) in [6.45, 7) is 0. The highest BCUT2D eigenvalue weighted by molar-refractivity contribution is 6.30. The van der Waals surface area contributed by atoms with E-state index in [9.17, 15) is 4.79 Å². The molecule has 0 saturated heterocycles. The molecular formula is C22H16ClN5O. The number of halogens is 1. The number of para-hydroxylation sites is 1. The van der Waals surface area contributed by atoms with Crippen LogP contribution in [-0.2, 0) is 0 Å². The van der Waals surface area contributed by atoms with E-state index in [1.165, 1.54) is 0 Å². The van der Waals surface area contributed by atoms with Crippen LogP contribution in [0.15, 0.2) is 90.4 Å². The highest BCUT2D eigenvalue weighted by Crippen LogP contribution is 2.21. The summed E-state index contributed by atoms with van der Waals surface area (Å²) in [5, 5.41) is 9.26. The largest absolute Gasteiger partial charge is 0.271 e. The smallest absolute Gasteiger partial charge is 0.267 e. The minimum Gasteiger partial charge on any atom is -0.267 e. The highest BCUT2D eigenvalue weighted by Gasteiger charge is 2.11. The van der Waals surface area contributed by atoms with Crippen molar-refractivity contribution >= 4 is 23.7 Å². The van der Waals surface area contributed by atoms with Crippen molar-refractivity contribution in [3.8, 4) is 16.9 Å². The predicted molar refractivity (Wildman–Crippen MR) is 113 cm³/mol. The molecule has 7 heteroatoms. The third-order valence-corrected chi connectivity index (χ3v) is 4.39. The molecule has 4 aromatic rings. The molecule has 0 fully saturated rings. The molecule has 0 saturated carbocycles. The molecule has 0 aliphatic heterocycles. The molecule has 6 nitrogen and oxygen atoms in total. The van der Waals surface area contributed by atoms with Crippen LogP contribution < -0.4 is 5.43 Å². The molecule has 0 spiro atoms.